The smallest absolute Gasteiger partial charge is 0.261 e. The van der Waals surface area contributed by atoms with Gasteiger partial charge < -0.3 is 13.9 Å². The number of amides is 2. The van der Waals surface area contributed by atoms with E-state index in [2.05, 4.69) is 33.9 Å². The number of carbonyl (C=O) groups is 2. The van der Waals surface area contributed by atoms with Crippen LogP contribution in [0.4, 0.5) is 0 Å². The number of fused-ring (bicyclic) bond motifs is 1. The van der Waals surface area contributed by atoms with E-state index in [0.29, 0.717) is 13.2 Å². The maximum Gasteiger partial charge on any atom is 0.261 e. The second-order valence-corrected chi connectivity index (χ2v) is 17.4. The molecule has 40 heavy (non-hydrogen) atoms. The molecule has 0 aromatic heterocycles. The Morgan fingerprint density at radius 2 is 1.62 bits per heavy atom. The Hall–Kier alpha value is -2.40. The summed E-state index contributed by atoms with van der Waals surface area (Å²) in [6, 6.07) is 18.6. The molecule has 5 rings (SSSR count). The molecule has 9 heteroatoms. The van der Waals surface area contributed by atoms with Crippen LogP contribution in [0.5, 0.6) is 0 Å². The summed E-state index contributed by atoms with van der Waals surface area (Å²) in [5.74, 6) is -1.27. The first kappa shape index (κ1) is 29.1. The summed E-state index contributed by atoms with van der Waals surface area (Å²) in [7, 11) is -2.22. The van der Waals surface area contributed by atoms with Crippen LogP contribution >= 0.6 is 0 Å². The largest absolute Gasteiger partial charge is 0.409 e. The average molecular weight is 567 g/mol. The minimum absolute atomic E-state index is 0.0277. The quantitative estimate of drug-likeness (QED) is 0.342. The molecule has 3 fully saturated rings. The van der Waals surface area contributed by atoms with Gasteiger partial charge >= 0.3 is 0 Å². The van der Waals surface area contributed by atoms with E-state index in [1.165, 1.54) is 4.90 Å². The Balaban J connectivity index is 1.51. The van der Waals surface area contributed by atoms with Gasteiger partial charge in [-0.25, -0.2) is 0 Å². The Kier molecular flexibility index (Phi) is 8.09. The van der Waals surface area contributed by atoms with Crippen molar-refractivity contribution in [2.75, 3.05) is 6.61 Å². The summed E-state index contributed by atoms with van der Waals surface area (Å²) < 4.78 is 19.2. The minimum atomic E-state index is -2.22. The molecule has 0 aliphatic carbocycles. The van der Waals surface area contributed by atoms with Gasteiger partial charge in [-0.2, -0.15) is 5.06 Å². The molecule has 2 aromatic rings. The number of benzene rings is 2. The lowest BCUT2D eigenvalue weighted by atomic mass is 9.89. The topological polar surface area (TPSA) is 77.5 Å². The standard InChI is InChI=1S/C31H42N2O6Si/c1-20(23-16-12-9-13-17-23)33-29(34)25-26(32(38-28(25)30(33)35)18-22-14-10-8-11-15-22)27-24(19-36-21(2)37-27)39-40(6,7)31(3,4)5/h8-17,20-21,24-28H,18-19H2,1-7H3/t20-,21+,24+,25+,26-,27+,28-/m0/s1. The summed E-state index contributed by atoms with van der Waals surface area (Å²) in [6.07, 6.45) is -2.33. The van der Waals surface area contributed by atoms with E-state index in [4.69, 9.17) is 18.7 Å². The first-order chi connectivity index (χ1) is 18.9. The molecule has 2 amide bonds. The van der Waals surface area contributed by atoms with E-state index in [1.807, 2.05) is 74.5 Å². The van der Waals surface area contributed by atoms with E-state index in [-0.39, 0.29) is 16.9 Å². The molecule has 7 atom stereocenters. The van der Waals surface area contributed by atoms with Gasteiger partial charge in [-0.3, -0.25) is 19.3 Å². The van der Waals surface area contributed by atoms with Crippen LogP contribution in [0.1, 0.15) is 51.8 Å². The highest BCUT2D eigenvalue weighted by Gasteiger charge is 2.63. The Bertz CT molecular complexity index is 1200. The van der Waals surface area contributed by atoms with Gasteiger partial charge in [0.05, 0.1) is 30.7 Å². The molecule has 216 valence electrons. The number of hydrogen-bond acceptors (Lipinski definition) is 7. The van der Waals surface area contributed by atoms with Crippen LogP contribution in [-0.4, -0.2) is 67.3 Å². The lowest BCUT2D eigenvalue weighted by Crippen LogP contribution is -2.60. The Morgan fingerprint density at radius 1 is 1.00 bits per heavy atom. The van der Waals surface area contributed by atoms with Crippen LogP contribution in [-0.2, 0) is 34.9 Å². The van der Waals surface area contributed by atoms with E-state index >= 15 is 0 Å². The number of imide groups is 1. The zero-order valence-electron chi connectivity index (χ0n) is 24.6. The van der Waals surface area contributed by atoms with Crippen molar-refractivity contribution in [2.45, 2.75) is 96.0 Å². The Morgan fingerprint density at radius 3 is 2.25 bits per heavy atom. The maximum absolute atomic E-state index is 14.2. The molecular weight excluding hydrogens is 524 g/mol. The van der Waals surface area contributed by atoms with Crippen molar-refractivity contribution in [3.8, 4) is 0 Å². The number of ether oxygens (including phenoxy) is 2. The molecule has 0 saturated carbocycles. The third-order valence-corrected chi connectivity index (χ3v) is 13.4. The van der Waals surface area contributed by atoms with Crippen molar-refractivity contribution >= 4 is 20.1 Å². The third kappa shape index (κ3) is 5.43. The van der Waals surface area contributed by atoms with Crippen molar-refractivity contribution < 1.29 is 28.3 Å². The van der Waals surface area contributed by atoms with Gasteiger partial charge in [0.25, 0.3) is 5.91 Å². The monoisotopic (exact) mass is 566 g/mol. The zero-order chi connectivity index (χ0) is 28.8. The summed E-state index contributed by atoms with van der Waals surface area (Å²) >= 11 is 0. The highest BCUT2D eigenvalue weighted by Crippen LogP contribution is 2.45. The molecule has 8 nitrogen and oxygen atoms in total. The fraction of sp³-hybridized carbons (Fsp3) is 0.548. The normalized spacial score (nSPS) is 30.5. The molecule has 0 bridgehead atoms. The van der Waals surface area contributed by atoms with Crippen LogP contribution < -0.4 is 0 Å². The van der Waals surface area contributed by atoms with Crippen molar-refractivity contribution in [3.63, 3.8) is 0 Å². The molecule has 3 saturated heterocycles. The number of rotatable bonds is 7. The molecule has 3 heterocycles. The van der Waals surface area contributed by atoms with Crippen molar-refractivity contribution in [3.05, 3.63) is 71.8 Å². The minimum Gasteiger partial charge on any atom is -0.409 e. The summed E-state index contributed by atoms with van der Waals surface area (Å²) in [4.78, 5) is 35.8. The summed E-state index contributed by atoms with van der Waals surface area (Å²) in [6.45, 7) is 15.5. The predicted molar refractivity (Wildman–Crippen MR) is 153 cm³/mol. The SMILES string of the molecule is C[C@@H]1OC[C@@H](O[Si](C)(C)C(C)(C)C)[C@H]([C@@H]2[C@H]3C(=O)N([C@@H](C)c4ccccc4)C(=O)[C@H]3ON2Cc2ccccc2)O1. The van der Waals surface area contributed by atoms with Crippen LogP contribution in [0.2, 0.25) is 18.1 Å². The fourth-order valence-electron chi connectivity index (χ4n) is 5.69. The van der Waals surface area contributed by atoms with Gasteiger partial charge in [-0.05, 0) is 43.1 Å². The summed E-state index contributed by atoms with van der Waals surface area (Å²) in [5.41, 5.74) is 1.92. The van der Waals surface area contributed by atoms with Gasteiger partial charge in [0.1, 0.15) is 6.10 Å². The fourth-order valence-corrected chi connectivity index (χ4v) is 7.00. The third-order valence-electron chi connectivity index (χ3n) is 8.93. The molecule has 3 aliphatic heterocycles. The van der Waals surface area contributed by atoms with Crippen LogP contribution in [0, 0.1) is 5.92 Å². The number of hydroxylamine groups is 2. The van der Waals surface area contributed by atoms with E-state index in [0.717, 1.165) is 11.1 Å². The van der Waals surface area contributed by atoms with E-state index < -0.39 is 50.9 Å². The second-order valence-electron chi connectivity index (χ2n) is 12.7. The average Bonchev–Trinajstić information content (AvgIpc) is 3.39. The molecule has 0 unspecified atom stereocenters. The highest BCUT2D eigenvalue weighted by atomic mass is 28.4. The summed E-state index contributed by atoms with van der Waals surface area (Å²) in [5, 5.41) is 1.76. The zero-order valence-corrected chi connectivity index (χ0v) is 25.6. The van der Waals surface area contributed by atoms with Gasteiger partial charge in [-0.1, -0.05) is 81.4 Å². The Labute approximate surface area is 238 Å². The first-order valence-corrected chi connectivity index (χ1v) is 17.1. The van der Waals surface area contributed by atoms with Crippen molar-refractivity contribution in [1.82, 2.24) is 9.96 Å². The maximum atomic E-state index is 14.2. The van der Waals surface area contributed by atoms with Crippen molar-refractivity contribution in [2.24, 2.45) is 5.92 Å². The lowest BCUT2D eigenvalue weighted by molar-refractivity contribution is -0.273. The number of likely N-dealkylation sites (tertiary alicyclic amines) is 1. The predicted octanol–water partition coefficient (Wildman–Crippen LogP) is 5.07. The molecule has 2 aromatic carbocycles. The van der Waals surface area contributed by atoms with Crippen molar-refractivity contribution in [1.29, 1.82) is 0 Å². The van der Waals surface area contributed by atoms with Crippen LogP contribution in [0.15, 0.2) is 60.7 Å². The van der Waals surface area contributed by atoms with Gasteiger partial charge in [0, 0.05) is 6.54 Å². The van der Waals surface area contributed by atoms with Crippen LogP contribution in [0.25, 0.3) is 0 Å². The first-order valence-electron chi connectivity index (χ1n) is 14.2. The van der Waals surface area contributed by atoms with Gasteiger partial charge in [0.15, 0.2) is 20.7 Å². The number of hydrogen-bond donors (Lipinski definition) is 0. The molecule has 3 aliphatic rings. The van der Waals surface area contributed by atoms with Crippen LogP contribution in [0.3, 0.4) is 0 Å². The number of carbonyl (C=O) groups excluding carboxylic acids is 2. The number of nitrogens with zero attached hydrogens (tertiary/aromatic N) is 2. The highest BCUT2D eigenvalue weighted by molar-refractivity contribution is 6.74. The van der Waals surface area contributed by atoms with E-state index in [1.54, 1.807) is 5.06 Å². The molecule has 0 radical (unpaired) electrons. The second kappa shape index (κ2) is 11.1. The molecular formula is C31H42N2O6Si. The lowest BCUT2D eigenvalue weighted by Gasteiger charge is -2.46. The molecule has 0 N–H and O–H groups in total. The van der Waals surface area contributed by atoms with Gasteiger partial charge in [0.2, 0.25) is 5.91 Å². The van der Waals surface area contributed by atoms with E-state index in [9.17, 15) is 9.59 Å². The molecule has 0 spiro atoms. The van der Waals surface area contributed by atoms with Gasteiger partial charge in [-0.15, -0.1) is 0 Å².